The van der Waals surface area contributed by atoms with Gasteiger partial charge < -0.3 is 5.32 Å². The first-order chi connectivity index (χ1) is 15.0. The van der Waals surface area contributed by atoms with Crippen molar-refractivity contribution < 1.29 is 13.2 Å². The standard InChI is InChI=1S/C25H35N3O3S/c1-19-7-5-6-16-28(19)18-21-10-8-20(9-11-21)17-26-24(29)22-12-14-23(15-13-22)32(30,31)27-25(2,3)4/h8-15,19,27H,5-7,16-18H2,1-4H3,(H,26,29). The Bertz CT molecular complexity index is 1010. The van der Waals surface area contributed by atoms with Crippen molar-refractivity contribution in [2.24, 2.45) is 0 Å². The molecule has 0 radical (unpaired) electrons. The van der Waals surface area contributed by atoms with E-state index in [4.69, 9.17) is 0 Å². The van der Waals surface area contributed by atoms with Gasteiger partial charge in [0, 0.05) is 30.2 Å². The number of nitrogens with one attached hydrogen (secondary N) is 2. The highest BCUT2D eigenvalue weighted by atomic mass is 32.2. The van der Waals surface area contributed by atoms with E-state index in [9.17, 15) is 13.2 Å². The van der Waals surface area contributed by atoms with Crippen molar-refractivity contribution in [2.45, 2.75) is 76.5 Å². The predicted octanol–water partition coefficient (Wildman–Crippen LogP) is 4.07. The lowest BCUT2D eigenvalue weighted by molar-refractivity contribution is 0.0950. The van der Waals surface area contributed by atoms with Crippen LogP contribution in [0.2, 0.25) is 0 Å². The summed E-state index contributed by atoms with van der Waals surface area (Å²) in [6, 6.07) is 15.0. The molecule has 0 bridgehead atoms. The van der Waals surface area contributed by atoms with Gasteiger partial charge in [0.2, 0.25) is 10.0 Å². The zero-order valence-corrected chi connectivity index (χ0v) is 20.3. The molecule has 32 heavy (non-hydrogen) atoms. The summed E-state index contributed by atoms with van der Waals surface area (Å²) < 4.78 is 27.4. The van der Waals surface area contributed by atoms with Gasteiger partial charge in [-0.3, -0.25) is 9.69 Å². The molecule has 1 fully saturated rings. The molecule has 1 aliphatic heterocycles. The highest BCUT2D eigenvalue weighted by Crippen LogP contribution is 2.19. The lowest BCUT2D eigenvalue weighted by atomic mass is 10.0. The Kier molecular flexibility index (Phi) is 7.75. The van der Waals surface area contributed by atoms with Crippen LogP contribution in [0.3, 0.4) is 0 Å². The largest absolute Gasteiger partial charge is 0.348 e. The second-order valence-electron chi connectivity index (χ2n) is 9.69. The second kappa shape index (κ2) is 10.1. The first kappa shape index (κ1) is 24.4. The number of amides is 1. The average Bonchev–Trinajstić information content (AvgIpc) is 2.73. The molecule has 1 aliphatic rings. The van der Waals surface area contributed by atoms with Gasteiger partial charge >= 0.3 is 0 Å². The second-order valence-corrected chi connectivity index (χ2v) is 11.4. The van der Waals surface area contributed by atoms with E-state index in [0.717, 1.165) is 18.7 Å². The van der Waals surface area contributed by atoms with Crippen LogP contribution in [0.25, 0.3) is 0 Å². The fourth-order valence-corrected chi connectivity index (χ4v) is 5.34. The van der Waals surface area contributed by atoms with Crippen molar-refractivity contribution in [1.82, 2.24) is 14.9 Å². The van der Waals surface area contributed by atoms with E-state index < -0.39 is 15.6 Å². The number of nitrogens with zero attached hydrogens (tertiary/aromatic N) is 1. The summed E-state index contributed by atoms with van der Waals surface area (Å²) in [5, 5.41) is 2.91. The lowest BCUT2D eigenvalue weighted by Gasteiger charge is -2.33. The Morgan fingerprint density at radius 2 is 1.62 bits per heavy atom. The van der Waals surface area contributed by atoms with Crippen molar-refractivity contribution in [2.75, 3.05) is 6.54 Å². The number of carbonyl (C=O) groups excluding carboxylic acids is 1. The Morgan fingerprint density at radius 1 is 1.00 bits per heavy atom. The number of benzene rings is 2. The molecule has 0 spiro atoms. The van der Waals surface area contributed by atoms with E-state index in [0.29, 0.717) is 18.2 Å². The summed E-state index contributed by atoms with van der Waals surface area (Å²) >= 11 is 0. The first-order valence-corrected chi connectivity index (χ1v) is 12.8. The van der Waals surface area contributed by atoms with Crippen LogP contribution < -0.4 is 10.0 Å². The van der Waals surface area contributed by atoms with Crippen LogP contribution in [0.4, 0.5) is 0 Å². The molecule has 2 aromatic rings. The summed E-state index contributed by atoms with van der Waals surface area (Å²) in [6.07, 6.45) is 3.86. The van der Waals surface area contributed by atoms with E-state index in [-0.39, 0.29) is 10.8 Å². The molecule has 2 N–H and O–H groups in total. The predicted molar refractivity (Wildman–Crippen MR) is 128 cm³/mol. The number of hydrogen-bond donors (Lipinski definition) is 2. The highest BCUT2D eigenvalue weighted by molar-refractivity contribution is 7.89. The zero-order valence-electron chi connectivity index (χ0n) is 19.5. The van der Waals surface area contributed by atoms with Crippen LogP contribution in [0.1, 0.15) is 68.4 Å². The zero-order chi connectivity index (χ0) is 23.4. The maximum atomic E-state index is 12.5. The van der Waals surface area contributed by atoms with Gasteiger partial charge in [0.25, 0.3) is 5.91 Å². The van der Waals surface area contributed by atoms with Gasteiger partial charge in [-0.25, -0.2) is 13.1 Å². The maximum absolute atomic E-state index is 12.5. The summed E-state index contributed by atoms with van der Waals surface area (Å²) in [6.45, 7) is 10.2. The van der Waals surface area contributed by atoms with Crippen LogP contribution in [0.15, 0.2) is 53.4 Å². The number of carbonyl (C=O) groups is 1. The van der Waals surface area contributed by atoms with Crippen molar-refractivity contribution in [1.29, 1.82) is 0 Å². The molecule has 6 nitrogen and oxygen atoms in total. The molecule has 3 rings (SSSR count). The SMILES string of the molecule is CC1CCCCN1Cc1ccc(CNC(=O)c2ccc(S(=O)(=O)NC(C)(C)C)cc2)cc1. The van der Waals surface area contributed by atoms with Gasteiger partial charge in [0.1, 0.15) is 0 Å². The summed E-state index contributed by atoms with van der Waals surface area (Å²) in [7, 11) is -3.62. The fourth-order valence-electron chi connectivity index (χ4n) is 3.92. The van der Waals surface area contributed by atoms with Crippen molar-refractivity contribution in [3.63, 3.8) is 0 Å². The summed E-state index contributed by atoms with van der Waals surface area (Å²) in [5.41, 5.74) is 2.17. The minimum Gasteiger partial charge on any atom is -0.348 e. The van der Waals surface area contributed by atoms with E-state index in [1.165, 1.54) is 49.1 Å². The molecular weight excluding hydrogens is 422 g/mol. The van der Waals surface area contributed by atoms with Crippen LogP contribution in [0.5, 0.6) is 0 Å². The van der Waals surface area contributed by atoms with E-state index >= 15 is 0 Å². The Balaban J connectivity index is 1.54. The molecule has 0 aliphatic carbocycles. The van der Waals surface area contributed by atoms with Crippen molar-refractivity contribution >= 4 is 15.9 Å². The molecule has 0 saturated carbocycles. The van der Waals surface area contributed by atoms with Crippen LogP contribution in [0, 0.1) is 0 Å². The van der Waals surface area contributed by atoms with Crippen molar-refractivity contribution in [3.8, 4) is 0 Å². The minimum absolute atomic E-state index is 0.141. The third kappa shape index (κ3) is 6.89. The summed E-state index contributed by atoms with van der Waals surface area (Å²) in [4.78, 5) is 15.2. The van der Waals surface area contributed by atoms with Crippen LogP contribution >= 0.6 is 0 Å². The molecule has 1 atom stereocenters. The monoisotopic (exact) mass is 457 g/mol. The lowest BCUT2D eigenvalue weighted by Crippen LogP contribution is -2.40. The van der Waals surface area contributed by atoms with Gasteiger partial charge in [-0.05, 0) is 82.5 Å². The normalized spacial score (nSPS) is 17.8. The van der Waals surface area contributed by atoms with Crippen LogP contribution in [-0.4, -0.2) is 37.4 Å². The number of sulfonamides is 1. The molecule has 174 valence electrons. The Labute approximate surface area is 192 Å². The molecule has 1 saturated heterocycles. The molecule has 0 aromatic heterocycles. The van der Waals surface area contributed by atoms with Crippen LogP contribution in [-0.2, 0) is 23.1 Å². The topological polar surface area (TPSA) is 78.5 Å². The molecular formula is C25H35N3O3S. The van der Waals surface area contributed by atoms with E-state index in [1.807, 2.05) is 0 Å². The Hall–Kier alpha value is -2.22. The number of likely N-dealkylation sites (tertiary alicyclic amines) is 1. The summed E-state index contributed by atoms with van der Waals surface area (Å²) in [5.74, 6) is -0.232. The number of hydrogen-bond acceptors (Lipinski definition) is 4. The van der Waals surface area contributed by atoms with Gasteiger partial charge in [-0.1, -0.05) is 30.7 Å². The molecule has 1 amide bonds. The van der Waals surface area contributed by atoms with Crippen molar-refractivity contribution in [3.05, 3.63) is 65.2 Å². The number of piperidine rings is 1. The minimum atomic E-state index is -3.62. The molecule has 2 aromatic carbocycles. The highest BCUT2D eigenvalue weighted by Gasteiger charge is 2.22. The smallest absolute Gasteiger partial charge is 0.251 e. The third-order valence-corrected chi connectivity index (χ3v) is 7.44. The molecule has 1 heterocycles. The van der Waals surface area contributed by atoms with Gasteiger partial charge in [-0.15, -0.1) is 0 Å². The van der Waals surface area contributed by atoms with Gasteiger partial charge in [-0.2, -0.15) is 0 Å². The van der Waals surface area contributed by atoms with Gasteiger partial charge in [0.05, 0.1) is 4.90 Å². The Morgan fingerprint density at radius 3 is 2.22 bits per heavy atom. The molecule has 1 unspecified atom stereocenters. The van der Waals surface area contributed by atoms with E-state index in [2.05, 4.69) is 46.1 Å². The maximum Gasteiger partial charge on any atom is 0.251 e. The molecule has 7 heteroatoms. The number of rotatable bonds is 7. The first-order valence-electron chi connectivity index (χ1n) is 11.3. The van der Waals surface area contributed by atoms with E-state index in [1.54, 1.807) is 20.8 Å². The average molecular weight is 458 g/mol. The fraction of sp³-hybridized carbons (Fsp3) is 0.480. The third-order valence-electron chi connectivity index (χ3n) is 5.67. The quantitative estimate of drug-likeness (QED) is 0.657. The van der Waals surface area contributed by atoms with Gasteiger partial charge in [0.15, 0.2) is 0 Å².